The molecule has 2 aromatic rings. The van der Waals surface area contributed by atoms with E-state index >= 15 is 0 Å². The van der Waals surface area contributed by atoms with E-state index in [0.29, 0.717) is 35.0 Å². The van der Waals surface area contributed by atoms with Gasteiger partial charge in [-0.2, -0.15) is 0 Å². The van der Waals surface area contributed by atoms with Crippen LogP contribution in [-0.2, 0) is 0 Å². The van der Waals surface area contributed by atoms with E-state index in [2.05, 4.69) is 15.3 Å². The number of hydrogen-bond acceptors (Lipinski definition) is 4. The van der Waals surface area contributed by atoms with Crippen LogP contribution in [0.4, 0.5) is 10.2 Å². The first kappa shape index (κ1) is 14.8. The third-order valence-corrected chi connectivity index (χ3v) is 4.27. The van der Waals surface area contributed by atoms with Gasteiger partial charge >= 0.3 is 0 Å². The number of nitrogens with two attached hydrogens (primary N) is 1. The molecule has 0 aliphatic heterocycles. The van der Waals surface area contributed by atoms with Gasteiger partial charge < -0.3 is 11.1 Å². The normalized spacial score (nSPS) is 17.4. The first-order chi connectivity index (χ1) is 11.6. The summed E-state index contributed by atoms with van der Waals surface area (Å²) in [4.78, 5) is 21.0. The van der Waals surface area contributed by atoms with Crippen LogP contribution in [0.5, 0.6) is 0 Å². The lowest BCUT2D eigenvalue weighted by Gasteiger charge is -2.12. The van der Waals surface area contributed by atoms with Crippen LogP contribution in [0.2, 0.25) is 0 Å². The number of allylic oxidation sites excluding steroid dienone is 4. The number of carbonyl (C=O) groups is 1. The Balaban J connectivity index is 1.78. The second kappa shape index (κ2) is 5.70. The Morgan fingerprint density at radius 3 is 2.92 bits per heavy atom. The smallest absolute Gasteiger partial charge is 0.253 e. The van der Waals surface area contributed by atoms with Crippen molar-refractivity contribution >= 4 is 28.2 Å². The Morgan fingerprint density at radius 1 is 1.33 bits per heavy atom. The minimum atomic E-state index is -0.160. The molecule has 6 heteroatoms. The predicted molar refractivity (Wildman–Crippen MR) is 90.8 cm³/mol. The average molecular weight is 324 g/mol. The highest BCUT2D eigenvalue weighted by Crippen LogP contribution is 2.29. The van der Waals surface area contributed by atoms with Gasteiger partial charge in [-0.05, 0) is 43.0 Å². The van der Waals surface area contributed by atoms with E-state index in [1.165, 1.54) is 12.3 Å². The van der Waals surface area contributed by atoms with Crippen molar-refractivity contribution in [3.63, 3.8) is 0 Å². The van der Waals surface area contributed by atoms with Gasteiger partial charge in [0.25, 0.3) is 5.91 Å². The summed E-state index contributed by atoms with van der Waals surface area (Å²) in [6, 6.07) is 3.85. The first-order valence-electron chi connectivity index (χ1n) is 8.04. The number of aromatic nitrogens is 2. The van der Waals surface area contributed by atoms with Gasteiger partial charge in [-0.3, -0.25) is 4.79 Å². The van der Waals surface area contributed by atoms with E-state index in [1.54, 1.807) is 12.1 Å². The fourth-order valence-electron chi connectivity index (χ4n) is 2.81. The van der Waals surface area contributed by atoms with Gasteiger partial charge in [-0.1, -0.05) is 6.08 Å². The van der Waals surface area contributed by atoms with Crippen LogP contribution < -0.4 is 11.1 Å². The van der Waals surface area contributed by atoms with Crippen LogP contribution in [0.15, 0.2) is 36.3 Å². The molecule has 0 radical (unpaired) electrons. The van der Waals surface area contributed by atoms with Gasteiger partial charge in [0.2, 0.25) is 0 Å². The number of nitrogens with one attached hydrogen (secondary N) is 1. The summed E-state index contributed by atoms with van der Waals surface area (Å²) < 4.78 is 13.5. The lowest BCUT2D eigenvalue weighted by atomic mass is 10.0. The number of fused-ring (bicyclic) bond motifs is 1. The molecule has 0 aromatic carbocycles. The van der Waals surface area contributed by atoms with Gasteiger partial charge in [0.15, 0.2) is 0 Å². The number of halogens is 1. The number of nitrogens with zero attached hydrogens (tertiary/aromatic N) is 2. The summed E-state index contributed by atoms with van der Waals surface area (Å²) in [7, 11) is 0. The number of hydrogen-bond donors (Lipinski definition) is 2. The molecule has 0 atom stereocenters. The molecule has 4 rings (SSSR count). The molecule has 122 valence electrons. The van der Waals surface area contributed by atoms with Crippen molar-refractivity contribution in [3.05, 3.63) is 47.6 Å². The highest BCUT2D eigenvalue weighted by Gasteiger charge is 2.25. The average Bonchev–Trinajstić information content (AvgIpc) is 3.39. The molecule has 0 spiro atoms. The predicted octanol–water partition coefficient (Wildman–Crippen LogP) is 3.13. The molecule has 0 saturated heterocycles. The number of carbonyl (C=O) groups excluding carboxylic acids is 1. The van der Waals surface area contributed by atoms with Crippen LogP contribution in [0.1, 0.15) is 41.7 Å². The van der Waals surface area contributed by atoms with Crippen molar-refractivity contribution in [2.24, 2.45) is 0 Å². The number of amides is 1. The van der Waals surface area contributed by atoms with E-state index < -0.39 is 0 Å². The molecule has 0 bridgehead atoms. The molecule has 2 aromatic heterocycles. The van der Waals surface area contributed by atoms with E-state index in [1.807, 2.05) is 6.08 Å². The van der Waals surface area contributed by atoms with Crippen LogP contribution in [-0.4, -0.2) is 21.9 Å². The maximum absolute atomic E-state index is 13.5. The zero-order valence-electron chi connectivity index (χ0n) is 13.1. The number of anilines is 1. The molecular weight excluding hydrogens is 307 g/mol. The van der Waals surface area contributed by atoms with Crippen molar-refractivity contribution in [3.8, 4) is 0 Å². The Kier molecular flexibility index (Phi) is 3.52. The largest absolute Gasteiger partial charge is 0.382 e. The lowest BCUT2D eigenvalue weighted by molar-refractivity contribution is 0.0952. The van der Waals surface area contributed by atoms with Crippen molar-refractivity contribution < 1.29 is 9.18 Å². The van der Waals surface area contributed by atoms with Crippen molar-refractivity contribution in [1.82, 2.24) is 15.3 Å². The summed E-state index contributed by atoms with van der Waals surface area (Å²) in [6.45, 7) is 0. The number of rotatable bonds is 3. The molecule has 2 heterocycles. The van der Waals surface area contributed by atoms with E-state index in [9.17, 15) is 9.18 Å². The molecule has 2 aliphatic rings. The molecule has 0 unspecified atom stereocenters. The standard InChI is InChI=1S/C18H17FN4O/c19-11-3-1-2-10(8-11)15-7-6-13-14(18(24)22-12-4-5-12)9-21-17(20)16(13)23-15/h2,6-9,12H,1,3-5H2,(H2,20,21)(H,22,24). The SMILES string of the molecule is Nc1ncc(C(=O)NC2CC2)c2ccc(C3=CCCC(F)=C3)nc12. The zero-order chi connectivity index (χ0) is 16.7. The van der Waals surface area contributed by atoms with Gasteiger partial charge in [0.1, 0.15) is 17.2 Å². The molecule has 1 saturated carbocycles. The first-order valence-corrected chi connectivity index (χ1v) is 8.04. The molecular formula is C18H17FN4O. The Hall–Kier alpha value is -2.76. The molecule has 1 amide bonds. The lowest BCUT2D eigenvalue weighted by Crippen LogP contribution is -2.25. The molecule has 2 aliphatic carbocycles. The monoisotopic (exact) mass is 324 g/mol. The van der Waals surface area contributed by atoms with Gasteiger partial charge in [0, 0.05) is 24.0 Å². The van der Waals surface area contributed by atoms with E-state index in [4.69, 9.17) is 5.73 Å². The summed E-state index contributed by atoms with van der Waals surface area (Å²) in [5.74, 6) is -0.0545. The second-order valence-electron chi connectivity index (χ2n) is 6.19. The highest BCUT2D eigenvalue weighted by molar-refractivity contribution is 6.08. The van der Waals surface area contributed by atoms with Crippen LogP contribution in [0.25, 0.3) is 16.5 Å². The Morgan fingerprint density at radius 2 is 2.17 bits per heavy atom. The maximum Gasteiger partial charge on any atom is 0.253 e. The van der Waals surface area contributed by atoms with E-state index in [0.717, 1.165) is 18.4 Å². The zero-order valence-corrected chi connectivity index (χ0v) is 13.1. The molecule has 1 fully saturated rings. The molecule has 3 N–H and O–H groups in total. The number of pyridine rings is 2. The van der Waals surface area contributed by atoms with Crippen molar-refractivity contribution in [2.75, 3.05) is 5.73 Å². The fourth-order valence-corrected chi connectivity index (χ4v) is 2.81. The minimum Gasteiger partial charge on any atom is -0.382 e. The Bertz CT molecular complexity index is 899. The van der Waals surface area contributed by atoms with Crippen LogP contribution >= 0.6 is 0 Å². The van der Waals surface area contributed by atoms with Gasteiger partial charge in [-0.25, -0.2) is 14.4 Å². The van der Waals surface area contributed by atoms with Gasteiger partial charge in [0.05, 0.1) is 11.3 Å². The van der Waals surface area contributed by atoms with E-state index in [-0.39, 0.29) is 23.6 Å². The van der Waals surface area contributed by atoms with Crippen LogP contribution in [0.3, 0.4) is 0 Å². The summed E-state index contributed by atoms with van der Waals surface area (Å²) in [5.41, 5.74) is 8.24. The number of nitrogen functional groups attached to an aromatic ring is 1. The third-order valence-electron chi connectivity index (χ3n) is 4.27. The van der Waals surface area contributed by atoms with Gasteiger partial charge in [-0.15, -0.1) is 0 Å². The topological polar surface area (TPSA) is 80.9 Å². The summed E-state index contributed by atoms with van der Waals surface area (Å²) >= 11 is 0. The third kappa shape index (κ3) is 2.75. The van der Waals surface area contributed by atoms with Crippen LogP contribution in [0, 0.1) is 0 Å². The highest BCUT2D eigenvalue weighted by atomic mass is 19.1. The quantitative estimate of drug-likeness (QED) is 0.909. The summed E-state index contributed by atoms with van der Waals surface area (Å²) in [5, 5.41) is 3.61. The minimum absolute atomic E-state index is 0.155. The molecule has 5 nitrogen and oxygen atoms in total. The molecule has 24 heavy (non-hydrogen) atoms. The fraction of sp³-hybridized carbons (Fsp3) is 0.278. The maximum atomic E-state index is 13.5. The van der Waals surface area contributed by atoms with Crippen molar-refractivity contribution in [1.29, 1.82) is 0 Å². The van der Waals surface area contributed by atoms with Crippen molar-refractivity contribution in [2.45, 2.75) is 31.7 Å². The second-order valence-corrected chi connectivity index (χ2v) is 6.19. The Labute approximate surface area is 138 Å². The summed E-state index contributed by atoms with van der Waals surface area (Å²) in [6.07, 6.45) is 8.02.